The van der Waals surface area contributed by atoms with Gasteiger partial charge in [-0.3, -0.25) is 9.63 Å². The van der Waals surface area contributed by atoms with Gasteiger partial charge in [0, 0.05) is 13.1 Å². The molecular weight excluding hydrogens is 272 g/mol. The van der Waals surface area contributed by atoms with Crippen molar-refractivity contribution < 1.29 is 19.2 Å². The van der Waals surface area contributed by atoms with Crippen LogP contribution in [0.25, 0.3) is 0 Å². The highest BCUT2D eigenvalue weighted by Gasteiger charge is 2.39. The van der Waals surface area contributed by atoms with Crippen LogP contribution in [0.1, 0.15) is 40.5 Å². The van der Waals surface area contributed by atoms with Gasteiger partial charge in [0.05, 0.1) is 12.0 Å². The van der Waals surface area contributed by atoms with Crippen molar-refractivity contribution in [3.05, 3.63) is 12.7 Å². The number of carbonyl (C=O) groups is 2. The number of piperidine rings is 1. The molecule has 6 heteroatoms. The Kier molecular flexibility index (Phi) is 5.78. The molecule has 6 nitrogen and oxygen atoms in total. The molecule has 1 N–H and O–H groups in total. The molecule has 1 saturated heterocycles. The van der Waals surface area contributed by atoms with E-state index in [0.717, 1.165) is 0 Å². The van der Waals surface area contributed by atoms with Gasteiger partial charge in [0.2, 0.25) is 5.91 Å². The summed E-state index contributed by atoms with van der Waals surface area (Å²) >= 11 is 0. The molecular formula is C15H26N2O4. The maximum absolute atomic E-state index is 12.1. The van der Waals surface area contributed by atoms with E-state index in [1.54, 1.807) is 11.0 Å². The summed E-state index contributed by atoms with van der Waals surface area (Å²) in [5, 5.41) is 0. The smallest absolute Gasteiger partial charge is 0.410 e. The van der Waals surface area contributed by atoms with Crippen LogP contribution in [0.3, 0.4) is 0 Å². The number of hydrogen-bond acceptors (Lipinski definition) is 4. The summed E-state index contributed by atoms with van der Waals surface area (Å²) in [6.45, 7) is 12.2. The van der Waals surface area contributed by atoms with E-state index in [1.807, 2.05) is 27.7 Å². The van der Waals surface area contributed by atoms with Crippen molar-refractivity contribution in [2.75, 3.05) is 19.7 Å². The van der Waals surface area contributed by atoms with Crippen molar-refractivity contribution >= 4 is 12.0 Å². The van der Waals surface area contributed by atoms with Crippen molar-refractivity contribution in [2.45, 2.75) is 46.1 Å². The molecule has 0 saturated carbocycles. The molecule has 0 aromatic rings. The zero-order valence-corrected chi connectivity index (χ0v) is 13.4. The maximum Gasteiger partial charge on any atom is 0.410 e. The van der Waals surface area contributed by atoms with Gasteiger partial charge in [-0.15, -0.1) is 6.58 Å². The molecule has 0 spiro atoms. The van der Waals surface area contributed by atoms with E-state index in [-0.39, 0.29) is 18.6 Å². The van der Waals surface area contributed by atoms with E-state index < -0.39 is 11.0 Å². The van der Waals surface area contributed by atoms with Gasteiger partial charge in [0.25, 0.3) is 0 Å². The first-order valence-corrected chi connectivity index (χ1v) is 7.19. The van der Waals surface area contributed by atoms with E-state index in [9.17, 15) is 9.59 Å². The van der Waals surface area contributed by atoms with Gasteiger partial charge in [-0.2, -0.15) is 0 Å². The molecule has 1 heterocycles. The number of hydrogen-bond donors (Lipinski definition) is 1. The van der Waals surface area contributed by atoms with Gasteiger partial charge in [-0.1, -0.05) is 13.0 Å². The van der Waals surface area contributed by atoms with Gasteiger partial charge in [0.15, 0.2) is 0 Å². The molecule has 0 bridgehead atoms. The first kappa shape index (κ1) is 17.5. The number of amides is 2. The van der Waals surface area contributed by atoms with Crippen LogP contribution in [0, 0.1) is 5.41 Å². The van der Waals surface area contributed by atoms with Gasteiger partial charge in [-0.05, 0) is 33.6 Å². The van der Waals surface area contributed by atoms with Crippen LogP contribution in [0.2, 0.25) is 0 Å². The molecule has 0 atom stereocenters. The minimum Gasteiger partial charge on any atom is -0.444 e. The van der Waals surface area contributed by atoms with Gasteiger partial charge in [-0.25, -0.2) is 10.3 Å². The van der Waals surface area contributed by atoms with Crippen molar-refractivity contribution in [3.8, 4) is 0 Å². The molecule has 0 aliphatic carbocycles. The lowest BCUT2D eigenvalue weighted by Crippen LogP contribution is -2.49. The fraction of sp³-hybridized carbons (Fsp3) is 0.733. The second-order valence-electron chi connectivity index (χ2n) is 6.56. The van der Waals surface area contributed by atoms with Crippen LogP contribution in [0.4, 0.5) is 4.79 Å². The minimum absolute atomic E-state index is 0.159. The molecule has 0 radical (unpaired) electrons. The summed E-state index contributed by atoms with van der Waals surface area (Å²) in [4.78, 5) is 30.7. The lowest BCUT2D eigenvalue weighted by Gasteiger charge is -2.38. The summed E-state index contributed by atoms with van der Waals surface area (Å²) in [5.41, 5.74) is 1.40. The fourth-order valence-electron chi connectivity index (χ4n) is 2.03. The summed E-state index contributed by atoms with van der Waals surface area (Å²) in [6.07, 6.45) is 2.39. The van der Waals surface area contributed by atoms with Crippen LogP contribution < -0.4 is 5.48 Å². The molecule has 0 aromatic heterocycles. The summed E-state index contributed by atoms with van der Waals surface area (Å²) in [6, 6.07) is 0. The first-order valence-electron chi connectivity index (χ1n) is 7.19. The van der Waals surface area contributed by atoms with Gasteiger partial charge >= 0.3 is 6.09 Å². The lowest BCUT2D eigenvalue weighted by atomic mass is 9.80. The zero-order valence-electron chi connectivity index (χ0n) is 13.4. The molecule has 0 unspecified atom stereocenters. The molecule has 1 aliphatic rings. The van der Waals surface area contributed by atoms with Crippen molar-refractivity contribution in [3.63, 3.8) is 0 Å². The monoisotopic (exact) mass is 298 g/mol. The Labute approximate surface area is 126 Å². The minimum atomic E-state index is -0.528. The van der Waals surface area contributed by atoms with Gasteiger partial charge in [0.1, 0.15) is 5.60 Å². The SMILES string of the molecule is C=CCONC(=O)C1(C)CCN(C(=O)OC(C)(C)C)CC1. The van der Waals surface area contributed by atoms with Gasteiger partial charge < -0.3 is 9.64 Å². The Morgan fingerprint density at radius 2 is 1.90 bits per heavy atom. The third-order valence-electron chi connectivity index (χ3n) is 3.43. The summed E-state index contributed by atoms with van der Waals surface area (Å²) in [7, 11) is 0. The topological polar surface area (TPSA) is 67.9 Å². The third kappa shape index (κ3) is 5.38. The number of ether oxygens (including phenoxy) is 1. The van der Waals surface area contributed by atoms with Crippen LogP contribution in [-0.4, -0.2) is 42.2 Å². The van der Waals surface area contributed by atoms with E-state index >= 15 is 0 Å². The Balaban J connectivity index is 2.48. The largest absolute Gasteiger partial charge is 0.444 e. The highest BCUT2D eigenvalue weighted by molar-refractivity contribution is 5.81. The molecule has 1 fully saturated rings. The van der Waals surface area contributed by atoms with E-state index in [0.29, 0.717) is 25.9 Å². The number of carbonyl (C=O) groups excluding carboxylic acids is 2. The van der Waals surface area contributed by atoms with Crippen LogP contribution in [0.5, 0.6) is 0 Å². The molecule has 1 aliphatic heterocycles. The third-order valence-corrected chi connectivity index (χ3v) is 3.43. The maximum atomic E-state index is 12.1. The normalized spacial score (nSPS) is 18.0. The number of nitrogens with zero attached hydrogens (tertiary/aromatic N) is 1. The Hall–Kier alpha value is -1.56. The van der Waals surface area contributed by atoms with E-state index in [1.165, 1.54) is 0 Å². The Bertz CT molecular complexity index is 393. The van der Waals surface area contributed by atoms with Crippen LogP contribution >= 0.6 is 0 Å². The number of hydroxylamine groups is 1. The average Bonchev–Trinajstić information content (AvgIpc) is 2.37. The number of nitrogens with one attached hydrogen (secondary N) is 1. The summed E-state index contributed by atoms with van der Waals surface area (Å²) in [5.74, 6) is -0.159. The first-order chi connectivity index (χ1) is 9.68. The number of likely N-dealkylation sites (tertiary alicyclic amines) is 1. The zero-order chi connectivity index (χ0) is 16.1. The molecule has 21 heavy (non-hydrogen) atoms. The fourth-order valence-corrected chi connectivity index (χ4v) is 2.03. The second-order valence-corrected chi connectivity index (χ2v) is 6.56. The molecule has 2 amide bonds. The molecule has 120 valence electrons. The highest BCUT2D eigenvalue weighted by atomic mass is 16.6. The second kappa shape index (κ2) is 6.93. The Morgan fingerprint density at radius 3 is 2.38 bits per heavy atom. The van der Waals surface area contributed by atoms with Crippen LogP contribution in [0.15, 0.2) is 12.7 Å². The number of rotatable bonds is 4. The lowest BCUT2D eigenvalue weighted by molar-refractivity contribution is -0.145. The molecule has 0 aromatic carbocycles. The quantitative estimate of drug-likeness (QED) is 0.491. The standard InChI is InChI=1S/C15H26N2O4/c1-6-11-20-16-12(18)15(5)7-9-17(10-8-15)13(19)21-14(2,3)4/h6H,1,7-11H2,2-5H3,(H,16,18). The van der Waals surface area contributed by atoms with Crippen molar-refractivity contribution in [2.24, 2.45) is 5.41 Å². The Morgan fingerprint density at radius 1 is 1.33 bits per heavy atom. The van der Waals surface area contributed by atoms with Crippen molar-refractivity contribution in [1.82, 2.24) is 10.4 Å². The van der Waals surface area contributed by atoms with E-state index in [4.69, 9.17) is 9.57 Å². The van der Waals surface area contributed by atoms with Crippen LogP contribution in [-0.2, 0) is 14.4 Å². The van der Waals surface area contributed by atoms with E-state index in [2.05, 4.69) is 12.1 Å². The molecule has 1 rings (SSSR count). The summed E-state index contributed by atoms with van der Waals surface area (Å²) < 4.78 is 5.34. The highest BCUT2D eigenvalue weighted by Crippen LogP contribution is 2.31. The van der Waals surface area contributed by atoms with Crippen molar-refractivity contribution in [1.29, 1.82) is 0 Å². The predicted molar refractivity (Wildman–Crippen MR) is 79.4 cm³/mol. The predicted octanol–water partition coefficient (Wildman–Crippen LogP) is 2.26. The average molecular weight is 298 g/mol.